The molecule has 0 spiro atoms. The molecule has 0 rings (SSSR count). The van der Waals surface area contributed by atoms with Crippen LogP contribution in [0, 0.1) is 0 Å². The normalized spacial score (nSPS) is 12.5. The van der Waals surface area contributed by atoms with Gasteiger partial charge in [0.25, 0.3) is 0 Å². The van der Waals surface area contributed by atoms with Crippen LogP contribution in [0.25, 0.3) is 0 Å². The first-order valence-electron chi connectivity index (χ1n) is 2.56. The zero-order valence-corrected chi connectivity index (χ0v) is 5.60. The van der Waals surface area contributed by atoms with Gasteiger partial charge >= 0.3 is 0 Å². The Morgan fingerprint density at radius 3 is 2.12 bits per heavy atom. The van der Waals surface area contributed by atoms with Crippen molar-refractivity contribution in [3.05, 3.63) is 0 Å². The van der Waals surface area contributed by atoms with Crippen LogP contribution < -0.4 is 11.3 Å². The standard InChI is InChI=1S/C5H13N3/c1-5(2,3)7-4-8-6/h4H,6H2,1-3H3,(H,7,8). The first-order chi connectivity index (χ1) is 3.56. The molecular weight excluding hydrogens is 102 g/mol. The summed E-state index contributed by atoms with van der Waals surface area (Å²) in [4.78, 5) is 4.01. The lowest BCUT2D eigenvalue weighted by Gasteiger charge is -2.09. The molecule has 3 N–H and O–H groups in total. The summed E-state index contributed by atoms with van der Waals surface area (Å²) in [6.45, 7) is 6.00. The molecule has 0 bridgehead atoms. The molecule has 0 aliphatic carbocycles. The Kier molecular flexibility index (Phi) is 2.48. The smallest absolute Gasteiger partial charge is 0.0970 e. The van der Waals surface area contributed by atoms with E-state index in [4.69, 9.17) is 5.84 Å². The van der Waals surface area contributed by atoms with Crippen LogP contribution in [0.2, 0.25) is 0 Å². The van der Waals surface area contributed by atoms with Gasteiger partial charge in [-0.05, 0) is 20.8 Å². The zero-order valence-electron chi connectivity index (χ0n) is 5.60. The van der Waals surface area contributed by atoms with Gasteiger partial charge < -0.3 is 5.43 Å². The van der Waals surface area contributed by atoms with Crippen molar-refractivity contribution < 1.29 is 0 Å². The lowest BCUT2D eigenvalue weighted by Crippen LogP contribution is -2.22. The number of hydrazine groups is 1. The summed E-state index contributed by atoms with van der Waals surface area (Å²) in [7, 11) is 0. The van der Waals surface area contributed by atoms with E-state index in [1.165, 1.54) is 6.34 Å². The summed E-state index contributed by atoms with van der Waals surface area (Å²) in [6, 6.07) is 0. The van der Waals surface area contributed by atoms with Crippen LogP contribution in [-0.4, -0.2) is 11.9 Å². The number of hydrogen-bond donors (Lipinski definition) is 2. The van der Waals surface area contributed by atoms with Gasteiger partial charge in [0.2, 0.25) is 0 Å². The molecule has 0 amide bonds. The minimum absolute atomic E-state index is 0.0215. The third-order valence-corrected chi connectivity index (χ3v) is 0.526. The van der Waals surface area contributed by atoms with Gasteiger partial charge in [0.1, 0.15) is 0 Å². The molecule has 0 aromatic rings. The minimum atomic E-state index is -0.0215. The minimum Gasteiger partial charge on any atom is -0.315 e. The average Bonchev–Trinajstić information content (AvgIpc) is 1.59. The van der Waals surface area contributed by atoms with E-state index in [1.54, 1.807) is 0 Å². The summed E-state index contributed by atoms with van der Waals surface area (Å²) in [6.07, 6.45) is 1.49. The van der Waals surface area contributed by atoms with Gasteiger partial charge in [-0.1, -0.05) is 0 Å². The van der Waals surface area contributed by atoms with Crippen molar-refractivity contribution in [3.8, 4) is 0 Å². The third kappa shape index (κ3) is 5.43. The second-order valence-corrected chi connectivity index (χ2v) is 2.60. The van der Waals surface area contributed by atoms with Crippen LogP contribution in [-0.2, 0) is 0 Å². The fourth-order valence-corrected chi connectivity index (χ4v) is 0.231. The number of nitrogens with two attached hydrogens (primary N) is 1. The van der Waals surface area contributed by atoms with Gasteiger partial charge in [0, 0.05) is 0 Å². The van der Waals surface area contributed by atoms with Gasteiger partial charge in [0.05, 0.1) is 11.9 Å². The van der Waals surface area contributed by atoms with E-state index in [2.05, 4.69) is 10.4 Å². The number of aliphatic imine (C=N–C) groups is 1. The molecule has 0 unspecified atom stereocenters. The molecule has 3 heteroatoms. The van der Waals surface area contributed by atoms with Crippen molar-refractivity contribution in [1.29, 1.82) is 0 Å². The van der Waals surface area contributed by atoms with E-state index >= 15 is 0 Å². The first-order valence-corrected chi connectivity index (χ1v) is 2.56. The van der Waals surface area contributed by atoms with E-state index in [0.717, 1.165) is 0 Å². The highest BCUT2D eigenvalue weighted by molar-refractivity contribution is 5.53. The molecular formula is C5H13N3. The van der Waals surface area contributed by atoms with Gasteiger partial charge in [0.15, 0.2) is 0 Å². The lowest BCUT2D eigenvalue weighted by atomic mass is 10.1. The van der Waals surface area contributed by atoms with Gasteiger partial charge in [-0.3, -0.25) is 4.99 Å². The first kappa shape index (κ1) is 7.43. The number of hydrogen-bond acceptors (Lipinski definition) is 2. The monoisotopic (exact) mass is 115 g/mol. The van der Waals surface area contributed by atoms with E-state index in [1.807, 2.05) is 20.8 Å². The predicted octanol–water partition coefficient (Wildman–Crippen LogP) is 0.277. The molecule has 0 aromatic carbocycles. The number of nitrogens with one attached hydrogen (secondary N) is 1. The molecule has 8 heavy (non-hydrogen) atoms. The SMILES string of the molecule is CC(C)(C)N=CNN. The molecule has 48 valence electrons. The second kappa shape index (κ2) is 2.67. The molecule has 0 heterocycles. The molecule has 0 aromatic heterocycles. The molecule has 3 nitrogen and oxygen atoms in total. The maximum atomic E-state index is 4.94. The molecule has 0 aliphatic heterocycles. The quantitative estimate of drug-likeness (QED) is 0.223. The molecule has 0 radical (unpaired) electrons. The fraction of sp³-hybridized carbons (Fsp3) is 0.800. The molecule has 0 saturated heterocycles. The van der Waals surface area contributed by atoms with Crippen molar-refractivity contribution in [2.45, 2.75) is 26.3 Å². The Labute approximate surface area is 50.0 Å². The van der Waals surface area contributed by atoms with Gasteiger partial charge in [-0.15, -0.1) is 0 Å². The van der Waals surface area contributed by atoms with Crippen molar-refractivity contribution >= 4 is 6.34 Å². The van der Waals surface area contributed by atoms with E-state index in [9.17, 15) is 0 Å². The Morgan fingerprint density at radius 2 is 2.00 bits per heavy atom. The molecule has 0 fully saturated rings. The van der Waals surface area contributed by atoms with E-state index in [-0.39, 0.29) is 5.54 Å². The topological polar surface area (TPSA) is 50.4 Å². The Hall–Kier alpha value is -0.570. The highest BCUT2D eigenvalue weighted by Gasteiger charge is 2.03. The number of rotatable bonds is 1. The maximum absolute atomic E-state index is 4.94. The largest absolute Gasteiger partial charge is 0.315 e. The zero-order chi connectivity index (χ0) is 6.62. The summed E-state index contributed by atoms with van der Waals surface area (Å²) < 4.78 is 0. The number of nitrogens with zero attached hydrogens (tertiary/aromatic N) is 1. The second-order valence-electron chi connectivity index (χ2n) is 2.60. The molecule has 0 atom stereocenters. The molecule has 0 aliphatic rings. The highest BCUT2D eigenvalue weighted by Crippen LogP contribution is 2.03. The van der Waals surface area contributed by atoms with Crippen LogP contribution in [0.4, 0.5) is 0 Å². The van der Waals surface area contributed by atoms with Gasteiger partial charge in [-0.2, -0.15) is 0 Å². The summed E-state index contributed by atoms with van der Waals surface area (Å²) in [5.41, 5.74) is 2.31. The van der Waals surface area contributed by atoms with Crippen LogP contribution in [0.15, 0.2) is 4.99 Å². The van der Waals surface area contributed by atoms with Crippen LogP contribution in [0.5, 0.6) is 0 Å². The summed E-state index contributed by atoms with van der Waals surface area (Å²) >= 11 is 0. The fourth-order valence-electron chi connectivity index (χ4n) is 0.231. The Bertz CT molecular complexity index is 80.2. The summed E-state index contributed by atoms with van der Waals surface area (Å²) in [5.74, 6) is 4.94. The third-order valence-electron chi connectivity index (χ3n) is 0.526. The lowest BCUT2D eigenvalue weighted by molar-refractivity contribution is 0.583. The van der Waals surface area contributed by atoms with Crippen molar-refractivity contribution in [2.75, 3.05) is 0 Å². The highest BCUT2D eigenvalue weighted by atomic mass is 15.2. The van der Waals surface area contributed by atoms with Crippen LogP contribution >= 0.6 is 0 Å². The van der Waals surface area contributed by atoms with Crippen molar-refractivity contribution in [3.63, 3.8) is 0 Å². The Balaban J connectivity index is 3.52. The Morgan fingerprint density at radius 1 is 1.50 bits per heavy atom. The van der Waals surface area contributed by atoms with E-state index in [0.29, 0.717) is 0 Å². The average molecular weight is 115 g/mol. The summed E-state index contributed by atoms with van der Waals surface area (Å²) in [5, 5.41) is 0. The van der Waals surface area contributed by atoms with Crippen molar-refractivity contribution in [2.24, 2.45) is 10.8 Å². The maximum Gasteiger partial charge on any atom is 0.0970 e. The van der Waals surface area contributed by atoms with Gasteiger partial charge in [-0.25, -0.2) is 5.84 Å². The van der Waals surface area contributed by atoms with E-state index < -0.39 is 0 Å². The molecule has 0 saturated carbocycles. The predicted molar refractivity (Wildman–Crippen MR) is 35.6 cm³/mol. The van der Waals surface area contributed by atoms with Crippen LogP contribution in [0.1, 0.15) is 20.8 Å². The van der Waals surface area contributed by atoms with Crippen LogP contribution in [0.3, 0.4) is 0 Å². The van der Waals surface area contributed by atoms with Crippen molar-refractivity contribution in [1.82, 2.24) is 5.43 Å².